The SMILES string of the molecule is CC1CCCCC1(CN)NS(=O)(=O)c1ccc(Cl)cc1[N+](=O)[O-]. The van der Waals surface area contributed by atoms with Crippen molar-refractivity contribution < 1.29 is 13.3 Å². The Balaban J connectivity index is 2.44. The molecule has 7 nitrogen and oxygen atoms in total. The lowest BCUT2D eigenvalue weighted by Gasteiger charge is -2.42. The van der Waals surface area contributed by atoms with E-state index < -0.39 is 31.1 Å². The van der Waals surface area contributed by atoms with Crippen molar-refractivity contribution in [2.75, 3.05) is 6.54 Å². The van der Waals surface area contributed by atoms with Crippen LogP contribution < -0.4 is 10.5 Å². The van der Waals surface area contributed by atoms with Gasteiger partial charge in [0.05, 0.1) is 4.92 Å². The van der Waals surface area contributed by atoms with E-state index in [4.69, 9.17) is 17.3 Å². The van der Waals surface area contributed by atoms with Crippen molar-refractivity contribution in [2.24, 2.45) is 11.7 Å². The molecule has 2 rings (SSSR count). The molecule has 1 fully saturated rings. The second-order valence-electron chi connectivity index (χ2n) is 5.98. The Bertz CT molecular complexity index is 710. The van der Waals surface area contributed by atoms with Crippen molar-refractivity contribution in [2.45, 2.75) is 43.0 Å². The predicted octanol–water partition coefficient (Wildman–Crippen LogP) is 2.43. The van der Waals surface area contributed by atoms with E-state index in [9.17, 15) is 18.5 Å². The number of sulfonamides is 1. The molecule has 2 unspecified atom stereocenters. The molecule has 2 atom stereocenters. The Kier molecular flexibility index (Phi) is 5.30. The van der Waals surface area contributed by atoms with E-state index in [1.165, 1.54) is 6.07 Å². The molecule has 3 N–H and O–H groups in total. The van der Waals surface area contributed by atoms with Gasteiger partial charge >= 0.3 is 0 Å². The number of nitro groups is 1. The van der Waals surface area contributed by atoms with Crippen molar-refractivity contribution in [1.82, 2.24) is 4.72 Å². The largest absolute Gasteiger partial charge is 0.329 e. The number of nitro benzene ring substituents is 1. The van der Waals surface area contributed by atoms with E-state index >= 15 is 0 Å². The fourth-order valence-corrected chi connectivity index (χ4v) is 4.95. The van der Waals surface area contributed by atoms with Crippen molar-refractivity contribution >= 4 is 27.3 Å². The first-order valence-electron chi connectivity index (χ1n) is 7.40. The fraction of sp³-hybridized carbons (Fsp3) is 0.571. The number of nitrogens with one attached hydrogen (secondary N) is 1. The number of rotatable bonds is 5. The third kappa shape index (κ3) is 3.65. The van der Waals surface area contributed by atoms with Crippen molar-refractivity contribution in [3.05, 3.63) is 33.3 Å². The Hall–Kier alpha value is -1.22. The van der Waals surface area contributed by atoms with Gasteiger partial charge in [0.1, 0.15) is 0 Å². The van der Waals surface area contributed by atoms with Crippen LogP contribution in [0.1, 0.15) is 32.6 Å². The minimum absolute atomic E-state index is 0.0578. The molecule has 0 saturated heterocycles. The predicted molar refractivity (Wildman–Crippen MR) is 87.8 cm³/mol. The topological polar surface area (TPSA) is 115 Å². The zero-order chi connectivity index (χ0) is 17.3. The standard InChI is InChI=1S/C14H20ClN3O4S/c1-10-4-2-3-7-14(10,9-16)17-23(21,22)13-6-5-11(15)8-12(13)18(19)20/h5-6,8,10,17H,2-4,7,9,16H2,1H3. The average Bonchev–Trinajstić information content (AvgIpc) is 2.49. The summed E-state index contributed by atoms with van der Waals surface area (Å²) in [5.74, 6) is 0.0578. The third-order valence-corrected chi connectivity index (χ3v) is 6.40. The second kappa shape index (κ2) is 6.72. The Labute approximate surface area is 140 Å². The number of nitrogens with zero attached hydrogens (tertiary/aromatic N) is 1. The van der Waals surface area contributed by atoms with Gasteiger partial charge in [0, 0.05) is 23.2 Å². The summed E-state index contributed by atoms with van der Waals surface area (Å²) < 4.78 is 28.1. The lowest BCUT2D eigenvalue weighted by atomic mass is 9.74. The highest BCUT2D eigenvalue weighted by molar-refractivity contribution is 7.89. The molecular weight excluding hydrogens is 342 g/mol. The van der Waals surface area contributed by atoms with E-state index in [1.807, 2.05) is 6.92 Å². The minimum atomic E-state index is -4.09. The van der Waals surface area contributed by atoms with Crippen molar-refractivity contribution in [3.63, 3.8) is 0 Å². The lowest BCUT2D eigenvalue weighted by Crippen LogP contribution is -2.58. The first-order chi connectivity index (χ1) is 10.7. The summed E-state index contributed by atoms with van der Waals surface area (Å²) in [4.78, 5) is 10.0. The molecule has 0 amide bonds. The van der Waals surface area contributed by atoms with Crippen LogP contribution in [0.4, 0.5) is 5.69 Å². The average molecular weight is 362 g/mol. The molecule has 128 valence electrons. The first kappa shape index (κ1) is 18.1. The summed E-state index contributed by atoms with van der Waals surface area (Å²) >= 11 is 5.74. The van der Waals surface area contributed by atoms with Crippen LogP contribution in [0.15, 0.2) is 23.1 Å². The summed E-state index contributed by atoms with van der Waals surface area (Å²) in [6, 6.07) is 3.51. The molecule has 1 saturated carbocycles. The maximum Gasteiger partial charge on any atom is 0.290 e. The number of halogens is 1. The van der Waals surface area contributed by atoms with Crippen LogP contribution in [0.25, 0.3) is 0 Å². The Morgan fingerprint density at radius 1 is 1.48 bits per heavy atom. The van der Waals surface area contributed by atoms with Gasteiger partial charge in [-0.05, 0) is 30.9 Å². The summed E-state index contributed by atoms with van der Waals surface area (Å²) in [6.07, 6.45) is 3.37. The number of hydrogen-bond acceptors (Lipinski definition) is 5. The maximum atomic E-state index is 12.7. The van der Waals surface area contributed by atoms with E-state index in [1.54, 1.807) is 0 Å². The molecule has 9 heteroatoms. The molecule has 1 aliphatic carbocycles. The van der Waals surface area contributed by atoms with Gasteiger partial charge < -0.3 is 5.73 Å². The Morgan fingerprint density at radius 2 is 2.17 bits per heavy atom. The van der Waals surface area contributed by atoms with E-state index in [2.05, 4.69) is 4.72 Å². The van der Waals surface area contributed by atoms with Gasteiger partial charge in [0.25, 0.3) is 5.69 Å². The van der Waals surface area contributed by atoms with Crippen LogP contribution in [0.2, 0.25) is 5.02 Å². The van der Waals surface area contributed by atoms with E-state index in [0.29, 0.717) is 6.42 Å². The van der Waals surface area contributed by atoms with Gasteiger partial charge in [-0.2, -0.15) is 0 Å². The highest BCUT2D eigenvalue weighted by atomic mass is 35.5. The van der Waals surface area contributed by atoms with Crippen molar-refractivity contribution in [3.8, 4) is 0 Å². The van der Waals surface area contributed by atoms with Gasteiger partial charge in [-0.25, -0.2) is 13.1 Å². The molecule has 0 heterocycles. The van der Waals surface area contributed by atoms with Crippen LogP contribution >= 0.6 is 11.6 Å². The highest BCUT2D eigenvalue weighted by Gasteiger charge is 2.42. The zero-order valence-electron chi connectivity index (χ0n) is 12.8. The molecule has 1 aromatic carbocycles. The molecule has 1 aromatic rings. The van der Waals surface area contributed by atoms with Gasteiger partial charge in [-0.1, -0.05) is 31.4 Å². The van der Waals surface area contributed by atoms with Crippen LogP contribution in [-0.4, -0.2) is 25.4 Å². The quantitative estimate of drug-likeness (QED) is 0.617. The molecule has 0 spiro atoms. The molecule has 0 aliphatic heterocycles. The molecule has 0 aromatic heterocycles. The van der Waals surface area contributed by atoms with Crippen LogP contribution in [0, 0.1) is 16.0 Å². The van der Waals surface area contributed by atoms with E-state index in [0.717, 1.165) is 31.4 Å². The zero-order valence-corrected chi connectivity index (χ0v) is 14.4. The third-order valence-electron chi connectivity index (χ3n) is 4.56. The summed E-state index contributed by atoms with van der Waals surface area (Å²) in [6.45, 7) is 2.10. The fourth-order valence-electron chi connectivity index (χ4n) is 3.09. The van der Waals surface area contributed by atoms with Gasteiger partial charge in [0.2, 0.25) is 10.0 Å². The second-order valence-corrected chi connectivity index (χ2v) is 8.07. The monoisotopic (exact) mass is 361 g/mol. The van der Waals surface area contributed by atoms with Crippen LogP contribution in [0.5, 0.6) is 0 Å². The minimum Gasteiger partial charge on any atom is -0.329 e. The normalized spacial score (nSPS) is 25.3. The number of nitrogens with two attached hydrogens (primary N) is 1. The molecule has 23 heavy (non-hydrogen) atoms. The van der Waals surface area contributed by atoms with Crippen molar-refractivity contribution in [1.29, 1.82) is 0 Å². The molecule has 0 bridgehead atoms. The van der Waals surface area contributed by atoms with Crippen LogP contribution in [0.3, 0.4) is 0 Å². The molecule has 0 radical (unpaired) electrons. The summed E-state index contributed by atoms with van der Waals surface area (Å²) in [5.41, 5.74) is 4.54. The molecular formula is C14H20ClN3O4S. The number of benzene rings is 1. The highest BCUT2D eigenvalue weighted by Crippen LogP contribution is 2.35. The summed E-state index contributed by atoms with van der Waals surface area (Å²) in [5, 5.41) is 11.3. The van der Waals surface area contributed by atoms with Crippen LogP contribution in [-0.2, 0) is 10.0 Å². The van der Waals surface area contributed by atoms with E-state index in [-0.39, 0.29) is 17.5 Å². The maximum absolute atomic E-state index is 12.7. The smallest absolute Gasteiger partial charge is 0.290 e. The van der Waals surface area contributed by atoms with Gasteiger partial charge in [-0.3, -0.25) is 10.1 Å². The Morgan fingerprint density at radius 3 is 2.74 bits per heavy atom. The van der Waals surface area contributed by atoms with Gasteiger partial charge in [-0.15, -0.1) is 0 Å². The summed E-state index contributed by atoms with van der Waals surface area (Å²) in [7, 11) is -4.09. The van der Waals surface area contributed by atoms with Gasteiger partial charge in [0.15, 0.2) is 4.90 Å². The lowest BCUT2D eigenvalue weighted by molar-refractivity contribution is -0.387. The number of hydrogen-bond donors (Lipinski definition) is 2. The molecule has 1 aliphatic rings. The first-order valence-corrected chi connectivity index (χ1v) is 9.26.